The van der Waals surface area contributed by atoms with Gasteiger partial charge >= 0.3 is 0 Å². The number of hydrogen-bond acceptors (Lipinski definition) is 5. The van der Waals surface area contributed by atoms with E-state index in [9.17, 15) is 4.79 Å². The summed E-state index contributed by atoms with van der Waals surface area (Å²) in [6, 6.07) is 3.83. The zero-order valence-electron chi connectivity index (χ0n) is 17.3. The van der Waals surface area contributed by atoms with E-state index in [0.29, 0.717) is 18.0 Å². The Hall–Kier alpha value is -2.41. The molecule has 28 heavy (non-hydrogen) atoms. The normalized spacial score (nSPS) is 15.6. The molecule has 0 saturated carbocycles. The van der Waals surface area contributed by atoms with Crippen molar-refractivity contribution < 1.29 is 4.79 Å². The number of aryl methyl sites for hydroxylation is 1. The third-order valence-corrected chi connectivity index (χ3v) is 5.18. The first-order valence-corrected chi connectivity index (χ1v) is 10.2. The minimum absolute atomic E-state index is 0.0654. The molecule has 7 nitrogen and oxygen atoms in total. The van der Waals surface area contributed by atoms with E-state index in [-0.39, 0.29) is 5.91 Å². The minimum Gasteiger partial charge on any atom is -0.355 e. The Kier molecular flexibility index (Phi) is 7.03. The molecule has 2 aromatic heterocycles. The third-order valence-electron chi connectivity index (χ3n) is 5.18. The van der Waals surface area contributed by atoms with E-state index in [0.717, 1.165) is 57.2 Å². The molecule has 0 unspecified atom stereocenters. The summed E-state index contributed by atoms with van der Waals surface area (Å²) in [5.74, 6) is 2.38. The highest BCUT2D eigenvalue weighted by Crippen LogP contribution is 2.14. The average Bonchev–Trinajstić information content (AvgIpc) is 3.06. The molecule has 0 atom stereocenters. The number of aromatic nitrogens is 3. The van der Waals surface area contributed by atoms with Crippen molar-refractivity contribution in [2.45, 2.75) is 39.2 Å². The predicted molar refractivity (Wildman–Crippen MR) is 112 cm³/mol. The van der Waals surface area contributed by atoms with Crippen LogP contribution in [0, 0.1) is 0 Å². The highest BCUT2D eigenvalue weighted by Gasteiger charge is 2.14. The van der Waals surface area contributed by atoms with Crippen LogP contribution < -0.4 is 10.2 Å². The molecule has 0 spiro atoms. The summed E-state index contributed by atoms with van der Waals surface area (Å²) < 4.78 is 2.16. The molecule has 2 aromatic rings. The van der Waals surface area contributed by atoms with Gasteiger partial charge in [0.1, 0.15) is 11.6 Å². The maximum atomic E-state index is 12.4. The molecule has 0 aromatic carbocycles. The van der Waals surface area contributed by atoms with Gasteiger partial charge in [0.2, 0.25) is 0 Å². The van der Waals surface area contributed by atoms with Crippen molar-refractivity contribution >= 4 is 11.7 Å². The molecule has 1 fully saturated rings. The standard InChI is InChI=1S/C21H32N6O/c1-17(2)20-22-9-13-27(20)11-4-8-23-21(28)18-6-7-19(24-16-18)26-12-5-10-25(3)14-15-26/h6-7,9,13,16-17H,4-5,8,10-12,14-15H2,1-3H3,(H,23,28). The molecule has 0 bridgehead atoms. The number of anilines is 1. The molecule has 1 aliphatic rings. The number of hydrogen-bond donors (Lipinski definition) is 1. The fraction of sp³-hybridized carbons (Fsp3) is 0.571. The Morgan fingerprint density at radius 1 is 1.18 bits per heavy atom. The first-order chi connectivity index (χ1) is 13.5. The molecular formula is C21H32N6O. The first kappa shape index (κ1) is 20.3. The lowest BCUT2D eigenvalue weighted by molar-refractivity contribution is 0.0952. The summed E-state index contributed by atoms with van der Waals surface area (Å²) >= 11 is 0. The summed E-state index contributed by atoms with van der Waals surface area (Å²) in [7, 11) is 2.15. The maximum absolute atomic E-state index is 12.4. The van der Waals surface area contributed by atoms with Gasteiger partial charge in [-0.05, 0) is 38.6 Å². The number of imidazole rings is 1. The van der Waals surface area contributed by atoms with Gasteiger partial charge in [-0.1, -0.05) is 13.8 Å². The van der Waals surface area contributed by atoms with Crippen LogP contribution in [-0.4, -0.2) is 65.1 Å². The second-order valence-electron chi connectivity index (χ2n) is 7.79. The highest BCUT2D eigenvalue weighted by atomic mass is 16.1. The number of amides is 1. The quantitative estimate of drug-likeness (QED) is 0.743. The Morgan fingerprint density at radius 3 is 2.79 bits per heavy atom. The van der Waals surface area contributed by atoms with Crippen LogP contribution in [0.25, 0.3) is 0 Å². The van der Waals surface area contributed by atoms with Crippen molar-refractivity contribution in [3.8, 4) is 0 Å². The number of carbonyl (C=O) groups is 1. The maximum Gasteiger partial charge on any atom is 0.252 e. The van der Waals surface area contributed by atoms with Crippen LogP contribution in [0.1, 0.15) is 48.8 Å². The number of rotatable bonds is 7. The lowest BCUT2D eigenvalue weighted by Crippen LogP contribution is -2.29. The van der Waals surface area contributed by atoms with Gasteiger partial charge in [0.25, 0.3) is 5.91 Å². The lowest BCUT2D eigenvalue weighted by atomic mass is 10.2. The van der Waals surface area contributed by atoms with Crippen molar-refractivity contribution in [1.82, 2.24) is 24.8 Å². The zero-order valence-corrected chi connectivity index (χ0v) is 17.3. The second kappa shape index (κ2) is 9.68. The van der Waals surface area contributed by atoms with Crippen molar-refractivity contribution in [2.75, 3.05) is 44.7 Å². The fourth-order valence-electron chi connectivity index (χ4n) is 3.55. The van der Waals surface area contributed by atoms with Crippen LogP contribution in [0.2, 0.25) is 0 Å². The number of carbonyl (C=O) groups excluding carboxylic acids is 1. The van der Waals surface area contributed by atoms with Crippen molar-refractivity contribution in [3.05, 3.63) is 42.1 Å². The number of pyridine rings is 1. The third kappa shape index (κ3) is 5.32. The van der Waals surface area contributed by atoms with Gasteiger partial charge in [-0.3, -0.25) is 4.79 Å². The number of nitrogens with zero attached hydrogens (tertiary/aromatic N) is 5. The van der Waals surface area contributed by atoms with Crippen molar-refractivity contribution in [3.63, 3.8) is 0 Å². The van der Waals surface area contributed by atoms with Crippen LogP contribution in [0.5, 0.6) is 0 Å². The molecule has 3 rings (SSSR count). The van der Waals surface area contributed by atoms with E-state index in [1.807, 2.05) is 24.5 Å². The van der Waals surface area contributed by atoms with Crippen LogP contribution in [0.4, 0.5) is 5.82 Å². The van der Waals surface area contributed by atoms with E-state index in [2.05, 4.69) is 50.5 Å². The topological polar surface area (TPSA) is 66.3 Å². The van der Waals surface area contributed by atoms with E-state index in [4.69, 9.17) is 0 Å². The van der Waals surface area contributed by atoms with Gasteiger partial charge in [0.15, 0.2) is 0 Å². The predicted octanol–water partition coefficient (Wildman–Crippen LogP) is 2.36. The molecule has 1 aliphatic heterocycles. The van der Waals surface area contributed by atoms with Gasteiger partial charge in [0.05, 0.1) is 5.56 Å². The summed E-state index contributed by atoms with van der Waals surface area (Å²) in [5, 5.41) is 2.99. The molecule has 7 heteroatoms. The summed E-state index contributed by atoms with van der Waals surface area (Å²) in [5.41, 5.74) is 0.612. The summed E-state index contributed by atoms with van der Waals surface area (Å²) in [6.45, 7) is 9.91. The molecule has 0 aliphatic carbocycles. The Morgan fingerprint density at radius 2 is 2.04 bits per heavy atom. The second-order valence-corrected chi connectivity index (χ2v) is 7.79. The zero-order chi connectivity index (χ0) is 19.9. The monoisotopic (exact) mass is 384 g/mol. The lowest BCUT2D eigenvalue weighted by Gasteiger charge is -2.21. The van der Waals surface area contributed by atoms with Gasteiger partial charge in [-0.25, -0.2) is 9.97 Å². The van der Waals surface area contributed by atoms with Gasteiger partial charge < -0.3 is 19.7 Å². The summed E-state index contributed by atoms with van der Waals surface area (Å²) in [4.78, 5) is 25.9. The Bertz CT molecular complexity index is 755. The van der Waals surface area contributed by atoms with Gasteiger partial charge in [-0.2, -0.15) is 0 Å². The average molecular weight is 385 g/mol. The van der Waals surface area contributed by atoms with Crippen LogP contribution in [0.15, 0.2) is 30.7 Å². The smallest absolute Gasteiger partial charge is 0.252 e. The molecule has 0 radical (unpaired) electrons. The largest absolute Gasteiger partial charge is 0.355 e. The summed E-state index contributed by atoms with van der Waals surface area (Å²) in [6.07, 6.45) is 7.53. The van der Waals surface area contributed by atoms with E-state index in [1.54, 1.807) is 6.20 Å². The van der Waals surface area contributed by atoms with Gasteiger partial charge in [-0.15, -0.1) is 0 Å². The molecule has 152 valence electrons. The minimum atomic E-state index is -0.0654. The van der Waals surface area contributed by atoms with Gasteiger partial charge in [0, 0.05) is 57.2 Å². The van der Waals surface area contributed by atoms with E-state index >= 15 is 0 Å². The Balaban J connectivity index is 1.46. The van der Waals surface area contributed by atoms with E-state index in [1.165, 1.54) is 0 Å². The molecule has 1 N–H and O–H groups in total. The first-order valence-electron chi connectivity index (χ1n) is 10.2. The van der Waals surface area contributed by atoms with Crippen molar-refractivity contribution in [2.24, 2.45) is 0 Å². The molecule has 3 heterocycles. The molecule has 1 saturated heterocycles. The number of nitrogens with one attached hydrogen (secondary N) is 1. The highest BCUT2D eigenvalue weighted by molar-refractivity contribution is 5.94. The Labute approximate surface area is 167 Å². The van der Waals surface area contributed by atoms with Crippen LogP contribution in [-0.2, 0) is 6.54 Å². The SMILES string of the molecule is CC(C)c1nccn1CCCNC(=O)c1ccc(N2CCCN(C)CC2)nc1. The van der Waals surface area contributed by atoms with Crippen molar-refractivity contribution in [1.29, 1.82) is 0 Å². The number of likely N-dealkylation sites (N-methyl/N-ethyl adjacent to an activating group) is 1. The van der Waals surface area contributed by atoms with E-state index < -0.39 is 0 Å². The van der Waals surface area contributed by atoms with Crippen LogP contribution in [0.3, 0.4) is 0 Å². The fourth-order valence-corrected chi connectivity index (χ4v) is 3.55. The molecule has 1 amide bonds. The molecular weight excluding hydrogens is 352 g/mol. The van der Waals surface area contributed by atoms with Crippen LogP contribution >= 0.6 is 0 Å².